The van der Waals surface area contributed by atoms with Gasteiger partial charge in [-0.15, -0.1) is 0 Å². The molecule has 0 radical (unpaired) electrons. The quantitative estimate of drug-likeness (QED) is 0.912. The Morgan fingerprint density at radius 1 is 1.30 bits per heavy atom. The molecule has 1 unspecified atom stereocenters. The lowest BCUT2D eigenvalue weighted by Gasteiger charge is -2.16. The average Bonchev–Trinajstić information content (AvgIpc) is 2.79. The van der Waals surface area contributed by atoms with Crippen LogP contribution >= 0.6 is 0 Å². The number of halogens is 2. The van der Waals surface area contributed by atoms with Crippen LogP contribution in [0.25, 0.3) is 0 Å². The predicted molar refractivity (Wildman–Crippen MR) is 74.4 cm³/mol. The SMILES string of the molecule is Cc1cc(F)c(C(C)NCCc2ccnn2C)cc1F. The molecule has 0 saturated carbocycles. The van der Waals surface area contributed by atoms with Crippen molar-refractivity contribution in [1.29, 1.82) is 0 Å². The zero-order chi connectivity index (χ0) is 14.7. The van der Waals surface area contributed by atoms with Crippen LogP contribution in [0, 0.1) is 18.6 Å². The van der Waals surface area contributed by atoms with Gasteiger partial charge in [-0.3, -0.25) is 4.68 Å². The van der Waals surface area contributed by atoms with E-state index in [9.17, 15) is 8.78 Å². The van der Waals surface area contributed by atoms with E-state index in [1.165, 1.54) is 12.1 Å². The number of nitrogens with one attached hydrogen (secondary N) is 1. The number of hydrogen-bond donors (Lipinski definition) is 1. The minimum absolute atomic E-state index is 0.238. The van der Waals surface area contributed by atoms with Gasteiger partial charge in [-0.25, -0.2) is 8.78 Å². The Labute approximate surface area is 117 Å². The zero-order valence-corrected chi connectivity index (χ0v) is 12.0. The number of rotatable bonds is 5. The van der Waals surface area contributed by atoms with E-state index in [0.29, 0.717) is 17.7 Å². The lowest BCUT2D eigenvalue weighted by molar-refractivity contribution is 0.514. The highest BCUT2D eigenvalue weighted by Crippen LogP contribution is 2.20. The Hall–Kier alpha value is -1.75. The highest BCUT2D eigenvalue weighted by molar-refractivity contribution is 5.27. The van der Waals surface area contributed by atoms with E-state index in [0.717, 1.165) is 12.1 Å². The van der Waals surface area contributed by atoms with Gasteiger partial charge in [0.25, 0.3) is 0 Å². The van der Waals surface area contributed by atoms with Gasteiger partial charge in [-0.1, -0.05) is 0 Å². The second-order valence-electron chi connectivity index (χ2n) is 4.99. The van der Waals surface area contributed by atoms with Crippen molar-refractivity contribution in [2.75, 3.05) is 6.54 Å². The first-order chi connectivity index (χ1) is 9.49. The molecular weight excluding hydrogens is 260 g/mol. The summed E-state index contributed by atoms with van der Waals surface area (Å²) in [6.07, 6.45) is 2.53. The standard InChI is InChI=1S/C15H19F2N3/c1-10-8-15(17)13(9-14(10)16)11(2)18-6-4-12-5-7-19-20(12)3/h5,7-9,11,18H,4,6H2,1-3H3. The Balaban J connectivity index is 1.97. The molecule has 1 heterocycles. The summed E-state index contributed by atoms with van der Waals surface area (Å²) in [4.78, 5) is 0. The maximum atomic E-state index is 13.8. The Kier molecular flexibility index (Phi) is 4.49. The molecule has 0 spiro atoms. The molecule has 0 aliphatic rings. The van der Waals surface area contributed by atoms with Crippen LogP contribution in [0.2, 0.25) is 0 Å². The van der Waals surface area contributed by atoms with Gasteiger partial charge in [0.2, 0.25) is 0 Å². The predicted octanol–water partition coefficient (Wildman–Crippen LogP) is 2.90. The van der Waals surface area contributed by atoms with Crippen molar-refractivity contribution in [1.82, 2.24) is 15.1 Å². The molecule has 2 aromatic rings. The number of aromatic nitrogens is 2. The molecule has 2 rings (SSSR count). The van der Waals surface area contributed by atoms with Crippen molar-refractivity contribution in [3.8, 4) is 0 Å². The molecule has 0 amide bonds. The molecule has 1 aromatic carbocycles. The van der Waals surface area contributed by atoms with E-state index < -0.39 is 0 Å². The summed E-state index contributed by atoms with van der Waals surface area (Å²) in [7, 11) is 1.88. The molecule has 0 aliphatic carbocycles. The van der Waals surface area contributed by atoms with Crippen molar-refractivity contribution < 1.29 is 8.78 Å². The van der Waals surface area contributed by atoms with Gasteiger partial charge >= 0.3 is 0 Å². The highest BCUT2D eigenvalue weighted by atomic mass is 19.1. The van der Waals surface area contributed by atoms with Gasteiger partial charge in [-0.2, -0.15) is 5.10 Å². The molecule has 0 saturated heterocycles. The van der Waals surface area contributed by atoms with Crippen LogP contribution in [-0.4, -0.2) is 16.3 Å². The van der Waals surface area contributed by atoms with Crippen molar-refractivity contribution >= 4 is 0 Å². The highest BCUT2D eigenvalue weighted by Gasteiger charge is 2.13. The van der Waals surface area contributed by atoms with E-state index in [1.807, 2.05) is 20.0 Å². The van der Waals surface area contributed by atoms with Crippen molar-refractivity contribution in [2.45, 2.75) is 26.3 Å². The normalized spacial score (nSPS) is 12.7. The van der Waals surface area contributed by atoms with Gasteiger partial charge in [0.1, 0.15) is 11.6 Å². The van der Waals surface area contributed by atoms with E-state index in [4.69, 9.17) is 0 Å². The molecule has 0 bridgehead atoms. The fourth-order valence-corrected chi connectivity index (χ4v) is 2.17. The first-order valence-corrected chi connectivity index (χ1v) is 6.65. The van der Waals surface area contributed by atoms with Crippen LogP contribution in [0.3, 0.4) is 0 Å². The third kappa shape index (κ3) is 3.22. The van der Waals surface area contributed by atoms with Crippen LogP contribution in [-0.2, 0) is 13.5 Å². The summed E-state index contributed by atoms with van der Waals surface area (Å²) in [5.41, 5.74) is 1.78. The number of aryl methyl sites for hydroxylation is 2. The van der Waals surface area contributed by atoms with Crippen LogP contribution in [0.15, 0.2) is 24.4 Å². The number of nitrogens with zero attached hydrogens (tertiary/aromatic N) is 2. The largest absolute Gasteiger partial charge is 0.310 e. The van der Waals surface area contributed by atoms with Crippen LogP contribution in [0.1, 0.15) is 29.8 Å². The second-order valence-corrected chi connectivity index (χ2v) is 4.99. The summed E-state index contributed by atoms with van der Waals surface area (Å²) in [5.74, 6) is -0.744. The summed E-state index contributed by atoms with van der Waals surface area (Å²) < 4.78 is 29.1. The molecule has 1 aromatic heterocycles. The summed E-state index contributed by atoms with van der Waals surface area (Å²) in [5, 5.41) is 7.29. The van der Waals surface area contributed by atoms with Gasteiger partial charge in [-0.05, 0) is 37.6 Å². The Morgan fingerprint density at radius 2 is 2.05 bits per heavy atom. The second kappa shape index (κ2) is 6.13. The first-order valence-electron chi connectivity index (χ1n) is 6.65. The smallest absolute Gasteiger partial charge is 0.128 e. The van der Waals surface area contributed by atoms with Crippen LogP contribution < -0.4 is 5.32 Å². The topological polar surface area (TPSA) is 29.9 Å². The molecule has 5 heteroatoms. The van der Waals surface area contributed by atoms with Gasteiger partial charge in [0.15, 0.2) is 0 Å². The fraction of sp³-hybridized carbons (Fsp3) is 0.400. The zero-order valence-electron chi connectivity index (χ0n) is 12.0. The van der Waals surface area contributed by atoms with Crippen LogP contribution in [0.5, 0.6) is 0 Å². The minimum atomic E-state index is -0.373. The third-order valence-electron chi connectivity index (χ3n) is 3.50. The van der Waals surface area contributed by atoms with Crippen molar-refractivity contribution in [3.05, 3.63) is 52.9 Å². The minimum Gasteiger partial charge on any atom is -0.310 e. The van der Waals surface area contributed by atoms with E-state index in [2.05, 4.69) is 10.4 Å². The first kappa shape index (κ1) is 14.7. The molecule has 1 atom stereocenters. The van der Waals surface area contributed by atoms with Crippen molar-refractivity contribution in [2.24, 2.45) is 7.05 Å². The molecule has 108 valence electrons. The lowest BCUT2D eigenvalue weighted by atomic mass is 10.0. The number of hydrogen-bond acceptors (Lipinski definition) is 2. The maximum absolute atomic E-state index is 13.8. The average molecular weight is 279 g/mol. The molecule has 0 aliphatic heterocycles. The third-order valence-corrected chi connectivity index (χ3v) is 3.50. The summed E-state index contributed by atoms with van der Waals surface area (Å²) in [6, 6.07) is 4.22. The maximum Gasteiger partial charge on any atom is 0.128 e. The van der Waals surface area contributed by atoms with Gasteiger partial charge in [0.05, 0.1) is 0 Å². The monoisotopic (exact) mass is 279 g/mol. The van der Waals surface area contributed by atoms with E-state index in [1.54, 1.807) is 17.8 Å². The molecular formula is C15H19F2N3. The van der Waals surface area contributed by atoms with E-state index >= 15 is 0 Å². The van der Waals surface area contributed by atoms with Crippen LogP contribution in [0.4, 0.5) is 8.78 Å². The Morgan fingerprint density at radius 3 is 2.70 bits per heavy atom. The van der Waals surface area contributed by atoms with Gasteiger partial charge < -0.3 is 5.32 Å². The number of benzene rings is 1. The van der Waals surface area contributed by atoms with Crippen molar-refractivity contribution in [3.63, 3.8) is 0 Å². The molecule has 20 heavy (non-hydrogen) atoms. The van der Waals surface area contributed by atoms with E-state index in [-0.39, 0.29) is 17.7 Å². The lowest BCUT2D eigenvalue weighted by Crippen LogP contribution is -2.23. The summed E-state index contributed by atoms with van der Waals surface area (Å²) >= 11 is 0. The molecule has 0 fully saturated rings. The summed E-state index contributed by atoms with van der Waals surface area (Å²) in [6.45, 7) is 4.06. The molecule has 3 nitrogen and oxygen atoms in total. The fourth-order valence-electron chi connectivity index (χ4n) is 2.17. The molecule has 1 N–H and O–H groups in total. The van der Waals surface area contributed by atoms with Gasteiger partial charge in [0, 0.05) is 43.5 Å². The Bertz CT molecular complexity index is 593.